The van der Waals surface area contributed by atoms with E-state index in [2.05, 4.69) is 0 Å². The summed E-state index contributed by atoms with van der Waals surface area (Å²) in [6.45, 7) is 2.25. The molecule has 0 aliphatic heterocycles. The molecule has 0 bridgehead atoms. The van der Waals surface area contributed by atoms with Gasteiger partial charge in [0.2, 0.25) is 0 Å². The lowest BCUT2D eigenvalue weighted by atomic mass is 10.1. The van der Waals surface area contributed by atoms with Crippen molar-refractivity contribution in [3.05, 3.63) is 71.8 Å². The number of Topliss-reactive ketones (excluding diaryl/α,β-unsaturated/α-hetero) is 1. The van der Waals surface area contributed by atoms with Gasteiger partial charge < -0.3 is 4.74 Å². The molecule has 1 atom stereocenters. The fraction of sp³-hybridized carbons (Fsp3) is 0.188. The smallest absolute Gasteiger partial charge is 0.191 e. The molecule has 0 heterocycles. The van der Waals surface area contributed by atoms with E-state index in [1.54, 1.807) is 6.92 Å². The summed E-state index contributed by atoms with van der Waals surface area (Å²) in [6, 6.07) is 19.1. The lowest BCUT2D eigenvalue weighted by Gasteiger charge is -2.12. The molecule has 0 fully saturated rings. The van der Waals surface area contributed by atoms with E-state index in [4.69, 9.17) is 4.74 Å². The number of carbonyl (C=O) groups is 1. The van der Waals surface area contributed by atoms with Crippen LogP contribution in [0.25, 0.3) is 0 Å². The zero-order chi connectivity index (χ0) is 12.8. The summed E-state index contributed by atoms with van der Waals surface area (Å²) in [6.07, 6.45) is -0.424. The Morgan fingerprint density at radius 2 is 1.56 bits per heavy atom. The maximum absolute atomic E-state index is 12.0. The van der Waals surface area contributed by atoms with Crippen LogP contribution in [0.2, 0.25) is 0 Å². The first-order valence-corrected chi connectivity index (χ1v) is 6.02. The molecule has 0 aromatic heterocycles. The molecule has 0 saturated carbocycles. The van der Waals surface area contributed by atoms with Crippen LogP contribution >= 0.6 is 0 Å². The first-order chi connectivity index (χ1) is 8.77. The van der Waals surface area contributed by atoms with Crippen molar-refractivity contribution in [3.63, 3.8) is 0 Å². The van der Waals surface area contributed by atoms with Gasteiger partial charge in [0.1, 0.15) is 6.10 Å². The molecule has 0 spiro atoms. The number of benzene rings is 2. The topological polar surface area (TPSA) is 26.3 Å². The lowest BCUT2D eigenvalue weighted by molar-refractivity contribution is 0.0412. The van der Waals surface area contributed by atoms with Crippen LogP contribution in [-0.4, -0.2) is 11.9 Å². The maximum atomic E-state index is 12.0. The number of ether oxygens (including phenoxy) is 1. The molecule has 92 valence electrons. The van der Waals surface area contributed by atoms with Gasteiger partial charge in [0.15, 0.2) is 5.78 Å². The third-order valence-electron chi connectivity index (χ3n) is 2.77. The number of ketones is 1. The van der Waals surface area contributed by atoms with Crippen molar-refractivity contribution in [1.82, 2.24) is 0 Å². The van der Waals surface area contributed by atoms with Crippen molar-refractivity contribution in [1.29, 1.82) is 0 Å². The molecule has 2 rings (SSSR count). The van der Waals surface area contributed by atoms with E-state index in [9.17, 15) is 4.79 Å². The molecule has 0 aliphatic carbocycles. The molecule has 0 aliphatic rings. The highest BCUT2D eigenvalue weighted by molar-refractivity contribution is 5.99. The Balaban J connectivity index is 1.93. The fourth-order valence-corrected chi connectivity index (χ4v) is 1.71. The summed E-state index contributed by atoms with van der Waals surface area (Å²) in [4.78, 5) is 12.0. The first kappa shape index (κ1) is 12.5. The standard InChI is InChI=1S/C16H16O2/c1-13(16(17)15-10-6-3-7-11-15)18-12-14-8-4-2-5-9-14/h2-11,13H,12H2,1H3/t13-/m0/s1. The van der Waals surface area contributed by atoms with Gasteiger partial charge in [0.25, 0.3) is 0 Å². The van der Waals surface area contributed by atoms with E-state index in [0.29, 0.717) is 12.2 Å². The van der Waals surface area contributed by atoms with Crippen molar-refractivity contribution >= 4 is 5.78 Å². The predicted octanol–water partition coefficient (Wildman–Crippen LogP) is 3.47. The summed E-state index contributed by atoms with van der Waals surface area (Å²) in [7, 11) is 0. The van der Waals surface area contributed by atoms with E-state index in [1.165, 1.54) is 0 Å². The molecule has 2 nitrogen and oxygen atoms in total. The van der Waals surface area contributed by atoms with Crippen molar-refractivity contribution in [2.24, 2.45) is 0 Å². The monoisotopic (exact) mass is 240 g/mol. The largest absolute Gasteiger partial charge is 0.366 e. The molecular formula is C16H16O2. The van der Waals surface area contributed by atoms with Crippen LogP contribution in [-0.2, 0) is 11.3 Å². The zero-order valence-electron chi connectivity index (χ0n) is 10.4. The summed E-state index contributed by atoms with van der Waals surface area (Å²) >= 11 is 0. The maximum Gasteiger partial charge on any atom is 0.191 e. The normalized spacial score (nSPS) is 12.1. The van der Waals surface area contributed by atoms with Crippen LogP contribution in [0.4, 0.5) is 0 Å². The first-order valence-electron chi connectivity index (χ1n) is 6.02. The Kier molecular flexibility index (Phi) is 4.26. The molecule has 2 heteroatoms. The molecule has 0 N–H and O–H groups in total. The molecule has 0 unspecified atom stereocenters. The van der Waals surface area contributed by atoms with Gasteiger partial charge in [-0.25, -0.2) is 0 Å². The van der Waals surface area contributed by atoms with Gasteiger partial charge >= 0.3 is 0 Å². The van der Waals surface area contributed by atoms with E-state index < -0.39 is 6.10 Å². The summed E-state index contributed by atoms with van der Waals surface area (Å²) in [5.74, 6) is 0.0199. The Hall–Kier alpha value is -1.93. The van der Waals surface area contributed by atoms with Crippen LogP contribution < -0.4 is 0 Å². The van der Waals surface area contributed by atoms with Crippen LogP contribution in [0, 0.1) is 0 Å². The number of hydrogen-bond donors (Lipinski definition) is 0. The van der Waals surface area contributed by atoms with E-state index in [-0.39, 0.29) is 5.78 Å². The molecule has 0 radical (unpaired) electrons. The lowest BCUT2D eigenvalue weighted by Crippen LogP contribution is -2.20. The third-order valence-corrected chi connectivity index (χ3v) is 2.77. The average Bonchev–Trinajstić information content (AvgIpc) is 2.46. The van der Waals surface area contributed by atoms with Crippen molar-refractivity contribution in [2.75, 3.05) is 0 Å². The fourth-order valence-electron chi connectivity index (χ4n) is 1.71. The van der Waals surface area contributed by atoms with Gasteiger partial charge in [-0.3, -0.25) is 4.79 Å². The summed E-state index contributed by atoms with van der Waals surface area (Å²) in [5, 5.41) is 0. The molecular weight excluding hydrogens is 224 g/mol. The number of rotatable bonds is 5. The Morgan fingerprint density at radius 1 is 1.00 bits per heavy atom. The molecule has 2 aromatic rings. The van der Waals surface area contributed by atoms with Gasteiger partial charge in [0, 0.05) is 5.56 Å². The molecule has 0 saturated heterocycles. The molecule has 0 amide bonds. The summed E-state index contributed by atoms with van der Waals surface area (Å²) in [5.41, 5.74) is 1.77. The quantitative estimate of drug-likeness (QED) is 0.748. The van der Waals surface area contributed by atoms with Gasteiger partial charge in [-0.05, 0) is 12.5 Å². The Morgan fingerprint density at radius 3 is 2.17 bits per heavy atom. The van der Waals surface area contributed by atoms with Gasteiger partial charge in [0.05, 0.1) is 6.61 Å². The van der Waals surface area contributed by atoms with E-state index >= 15 is 0 Å². The highest BCUT2D eigenvalue weighted by Crippen LogP contribution is 2.09. The van der Waals surface area contributed by atoms with Crippen LogP contribution in [0.1, 0.15) is 22.8 Å². The van der Waals surface area contributed by atoms with Crippen molar-refractivity contribution < 1.29 is 9.53 Å². The van der Waals surface area contributed by atoms with Gasteiger partial charge in [-0.1, -0.05) is 60.7 Å². The Labute approximate surface area is 107 Å². The van der Waals surface area contributed by atoms with E-state index in [1.807, 2.05) is 60.7 Å². The van der Waals surface area contributed by atoms with Gasteiger partial charge in [-0.2, -0.15) is 0 Å². The van der Waals surface area contributed by atoms with Crippen molar-refractivity contribution in [2.45, 2.75) is 19.6 Å². The SMILES string of the molecule is C[C@H](OCc1ccccc1)C(=O)c1ccccc1. The zero-order valence-corrected chi connectivity index (χ0v) is 10.4. The predicted molar refractivity (Wildman–Crippen MR) is 71.5 cm³/mol. The van der Waals surface area contributed by atoms with E-state index in [0.717, 1.165) is 5.56 Å². The Bertz CT molecular complexity index is 491. The molecule has 18 heavy (non-hydrogen) atoms. The second-order valence-corrected chi connectivity index (χ2v) is 4.17. The highest BCUT2D eigenvalue weighted by Gasteiger charge is 2.15. The minimum Gasteiger partial charge on any atom is -0.366 e. The van der Waals surface area contributed by atoms with Crippen LogP contribution in [0.3, 0.4) is 0 Å². The second-order valence-electron chi connectivity index (χ2n) is 4.17. The minimum absolute atomic E-state index is 0.0199. The third kappa shape index (κ3) is 3.28. The highest BCUT2D eigenvalue weighted by atomic mass is 16.5. The minimum atomic E-state index is -0.424. The van der Waals surface area contributed by atoms with Crippen LogP contribution in [0.15, 0.2) is 60.7 Å². The van der Waals surface area contributed by atoms with Gasteiger partial charge in [-0.15, -0.1) is 0 Å². The van der Waals surface area contributed by atoms with Crippen LogP contribution in [0.5, 0.6) is 0 Å². The average molecular weight is 240 g/mol. The second kappa shape index (κ2) is 6.12. The summed E-state index contributed by atoms with van der Waals surface area (Å²) < 4.78 is 5.59. The number of hydrogen-bond acceptors (Lipinski definition) is 2. The number of carbonyl (C=O) groups excluding carboxylic acids is 1. The van der Waals surface area contributed by atoms with Crippen molar-refractivity contribution in [3.8, 4) is 0 Å². The molecule has 2 aromatic carbocycles.